The van der Waals surface area contributed by atoms with Crippen molar-refractivity contribution in [2.75, 3.05) is 24.7 Å². The van der Waals surface area contributed by atoms with Gasteiger partial charge < -0.3 is 19.6 Å². The highest BCUT2D eigenvalue weighted by Gasteiger charge is 2.78. The standard InChI is InChI=1S/C32H35ClN2O5S/c1-4-17-34(23-13-11-22(33)12-14-23)29(38)27-32-16-15-31(3,41-32)26(30(39)40-18-5-2)25(32)28(37)35(27)24(20-36)19-21-9-7-6-8-10-21/h4-14,24-27,36H,1-2,15-20H2,3H3/t24-,25+,26-,27?,31+,32?/m1/s1. The van der Waals surface area contributed by atoms with Crippen LogP contribution in [-0.4, -0.2) is 69.1 Å². The summed E-state index contributed by atoms with van der Waals surface area (Å²) in [4.78, 5) is 45.9. The van der Waals surface area contributed by atoms with E-state index < -0.39 is 39.4 Å². The number of halogens is 1. The molecule has 2 bridgehead atoms. The molecule has 3 saturated heterocycles. The summed E-state index contributed by atoms with van der Waals surface area (Å²) in [5.41, 5.74) is 1.56. The smallest absolute Gasteiger partial charge is 0.311 e. The fraction of sp³-hybridized carbons (Fsp3) is 0.406. The molecule has 1 spiro atoms. The second-order valence-corrected chi connectivity index (χ2v) is 13.5. The van der Waals surface area contributed by atoms with Crippen LogP contribution in [0.15, 0.2) is 79.9 Å². The molecule has 2 amide bonds. The van der Waals surface area contributed by atoms with Gasteiger partial charge in [-0.15, -0.1) is 18.3 Å². The van der Waals surface area contributed by atoms with Crippen molar-refractivity contribution < 1.29 is 24.2 Å². The molecule has 1 N–H and O–H groups in total. The topological polar surface area (TPSA) is 87.1 Å². The van der Waals surface area contributed by atoms with Crippen LogP contribution in [0.1, 0.15) is 25.3 Å². The third kappa shape index (κ3) is 5.00. The number of anilines is 1. The lowest BCUT2D eigenvalue weighted by Crippen LogP contribution is -2.58. The van der Waals surface area contributed by atoms with Gasteiger partial charge in [-0.1, -0.05) is 60.7 Å². The number of thioether (sulfide) groups is 1. The molecule has 6 atom stereocenters. The number of nitrogens with zero attached hydrogens (tertiary/aromatic N) is 2. The normalized spacial score (nSPS) is 28.7. The monoisotopic (exact) mass is 594 g/mol. The molecule has 2 unspecified atom stereocenters. The maximum Gasteiger partial charge on any atom is 0.311 e. The van der Waals surface area contributed by atoms with Gasteiger partial charge in [0.25, 0.3) is 5.91 Å². The van der Waals surface area contributed by atoms with Gasteiger partial charge in [-0.25, -0.2) is 0 Å². The van der Waals surface area contributed by atoms with Crippen LogP contribution in [0.5, 0.6) is 0 Å². The van der Waals surface area contributed by atoms with Gasteiger partial charge in [0.1, 0.15) is 12.6 Å². The minimum atomic E-state index is -0.902. The minimum Gasteiger partial charge on any atom is -0.461 e. The number of fused-ring (bicyclic) bond motifs is 1. The van der Waals surface area contributed by atoms with Crippen LogP contribution < -0.4 is 4.90 Å². The summed E-state index contributed by atoms with van der Waals surface area (Å²) >= 11 is 7.71. The van der Waals surface area contributed by atoms with Gasteiger partial charge in [-0.3, -0.25) is 14.4 Å². The van der Waals surface area contributed by atoms with Crippen LogP contribution in [0.3, 0.4) is 0 Å². The molecule has 0 radical (unpaired) electrons. The molecule has 0 aromatic heterocycles. The SMILES string of the molecule is C=CCOC(=O)[C@H]1[C@H]2C(=O)N([C@@H](CO)Cc3ccccc3)C(C(=O)N(CC=C)c3ccc(Cl)cc3)C23CC[C@]1(C)S3. The number of carbonyl (C=O) groups excluding carboxylic acids is 3. The van der Waals surface area contributed by atoms with Crippen molar-refractivity contribution in [3.63, 3.8) is 0 Å². The van der Waals surface area contributed by atoms with E-state index in [1.165, 1.54) is 6.08 Å². The van der Waals surface area contributed by atoms with E-state index in [4.69, 9.17) is 16.3 Å². The third-order valence-electron chi connectivity index (χ3n) is 8.68. The first-order chi connectivity index (χ1) is 19.7. The van der Waals surface area contributed by atoms with E-state index in [1.54, 1.807) is 51.9 Å². The Kier molecular flexibility index (Phi) is 8.37. The molecule has 7 nitrogen and oxygen atoms in total. The van der Waals surface area contributed by atoms with Gasteiger partial charge in [0.15, 0.2) is 0 Å². The Morgan fingerprint density at radius 1 is 1.17 bits per heavy atom. The largest absolute Gasteiger partial charge is 0.461 e. The summed E-state index contributed by atoms with van der Waals surface area (Å²) in [7, 11) is 0. The summed E-state index contributed by atoms with van der Waals surface area (Å²) in [6, 6.07) is 15.0. The van der Waals surface area contributed by atoms with E-state index in [2.05, 4.69) is 13.2 Å². The van der Waals surface area contributed by atoms with Crippen LogP contribution in [0.2, 0.25) is 5.02 Å². The Labute approximate surface area is 250 Å². The van der Waals surface area contributed by atoms with Crippen molar-refractivity contribution in [2.24, 2.45) is 11.8 Å². The molecule has 41 heavy (non-hydrogen) atoms. The summed E-state index contributed by atoms with van der Waals surface area (Å²) in [6.07, 6.45) is 4.77. The molecule has 3 heterocycles. The number of carbonyl (C=O) groups is 3. The first-order valence-electron chi connectivity index (χ1n) is 13.8. The maximum atomic E-state index is 14.8. The zero-order valence-electron chi connectivity index (χ0n) is 23.1. The predicted octanol–water partition coefficient (Wildman–Crippen LogP) is 4.67. The Morgan fingerprint density at radius 3 is 2.51 bits per heavy atom. The van der Waals surface area contributed by atoms with Gasteiger partial charge in [0.2, 0.25) is 5.91 Å². The lowest BCUT2D eigenvalue weighted by atomic mass is 9.66. The first kappa shape index (κ1) is 29.4. The van der Waals surface area contributed by atoms with Crippen molar-refractivity contribution in [3.05, 3.63) is 90.5 Å². The number of hydrogen-bond acceptors (Lipinski definition) is 6. The number of rotatable bonds is 11. The van der Waals surface area contributed by atoms with E-state index >= 15 is 0 Å². The molecule has 0 aliphatic carbocycles. The van der Waals surface area contributed by atoms with Crippen LogP contribution in [0.25, 0.3) is 0 Å². The van der Waals surface area contributed by atoms with Crippen LogP contribution >= 0.6 is 23.4 Å². The molecule has 0 saturated carbocycles. The van der Waals surface area contributed by atoms with E-state index in [1.807, 2.05) is 37.3 Å². The second-order valence-electron chi connectivity index (χ2n) is 11.1. The Balaban J connectivity index is 1.62. The zero-order valence-corrected chi connectivity index (χ0v) is 24.7. The second kappa shape index (κ2) is 11.7. The molecule has 3 aliphatic rings. The maximum absolute atomic E-state index is 14.8. The Bertz CT molecular complexity index is 1340. The van der Waals surface area contributed by atoms with Gasteiger partial charge >= 0.3 is 5.97 Å². The number of amides is 2. The van der Waals surface area contributed by atoms with Crippen molar-refractivity contribution in [1.29, 1.82) is 0 Å². The fourth-order valence-electron chi connectivity index (χ4n) is 6.98. The van der Waals surface area contributed by atoms with E-state index in [9.17, 15) is 19.5 Å². The van der Waals surface area contributed by atoms with Crippen LogP contribution in [0.4, 0.5) is 5.69 Å². The summed E-state index contributed by atoms with van der Waals surface area (Å²) in [5, 5.41) is 11.2. The molecule has 3 fully saturated rings. The molecular weight excluding hydrogens is 560 g/mol. The number of likely N-dealkylation sites (tertiary alicyclic amines) is 1. The van der Waals surface area contributed by atoms with Crippen LogP contribution in [0, 0.1) is 11.8 Å². The number of ether oxygens (including phenoxy) is 1. The minimum absolute atomic E-state index is 0.0486. The molecule has 216 valence electrons. The molecule has 9 heteroatoms. The van der Waals surface area contributed by atoms with Crippen molar-refractivity contribution in [2.45, 2.75) is 47.8 Å². The molecular formula is C32H35ClN2O5S. The number of esters is 1. The van der Waals surface area contributed by atoms with Crippen molar-refractivity contribution >= 4 is 46.8 Å². The fourth-order valence-corrected chi connectivity index (χ4v) is 9.43. The number of aliphatic hydroxyl groups excluding tert-OH is 1. The highest BCUT2D eigenvalue weighted by atomic mass is 35.5. The highest BCUT2D eigenvalue weighted by Crippen LogP contribution is 2.71. The van der Waals surface area contributed by atoms with E-state index in [-0.39, 0.29) is 31.6 Å². The summed E-state index contributed by atoms with van der Waals surface area (Å²) < 4.78 is 4.11. The van der Waals surface area contributed by atoms with Crippen molar-refractivity contribution in [3.8, 4) is 0 Å². The highest BCUT2D eigenvalue weighted by molar-refractivity contribution is 8.02. The summed E-state index contributed by atoms with van der Waals surface area (Å²) in [6.45, 7) is 9.44. The lowest BCUT2D eigenvalue weighted by Gasteiger charge is -2.39. The molecule has 2 aromatic rings. The zero-order chi connectivity index (χ0) is 29.4. The quantitative estimate of drug-likeness (QED) is 0.300. The Hall–Kier alpha value is -3.07. The number of hydrogen-bond donors (Lipinski definition) is 1. The van der Waals surface area contributed by atoms with Crippen molar-refractivity contribution in [1.82, 2.24) is 4.90 Å². The number of aliphatic hydroxyl groups is 1. The van der Waals surface area contributed by atoms with Gasteiger partial charge in [0.05, 0.1) is 29.2 Å². The first-order valence-corrected chi connectivity index (χ1v) is 15.0. The number of benzene rings is 2. The van der Waals surface area contributed by atoms with E-state index in [0.717, 1.165) is 5.56 Å². The molecule has 3 aliphatic heterocycles. The average Bonchev–Trinajstić information content (AvgIpc) is 3.54. The summed E-state index contributed by atoms with van der Waals surface area (Å²) in [5.74, 6) is -2.47. The third-order valence-corrected chi connectivity index (χ3v) is 10.9. The van der Waals surface area contributed by atoms with E-state index in [0.29, 0.717) is 30.0 Å². The van der Waals surface area contributed by atoms with Gasteiger partial charge in [0, 0.05) is 22.0 Å². The predicted molar refractivity (Wildman–Crippen MR) is 162 cm³/mol. The van der Waals surface area contributed by atoms with Gasteiger partial charge in [-0.05, 0) is 56.0 Å². The van der Waals surface area contributed by atoms with Gasteiger partial charge in [-0.2, -0.15) is 0 Å². The van der Waals surface area contributed by atoms with Crippen LogP contribution in [-0.2, 0) is 25.5 Å². The average molecular weight is 595 g/mol. The molecule has 5 rings (SSSR count). The lowest BCUT2D eigenvalue weighted by molar-refractivity contribution is -0.155. The Morgan fingerprint density at radius 2 is 1.88 bits per heavy atom. The molecule has 2 aromatic carbocycles.